The molecule has 2 aromatic rings. The summed E-state index contributed by atoms with van der Waals surface area (Å²) in [5.41, 5.74) is 8.71. The lowest BCUT2D eigenvalue weighted by molar-refractivity contribution is -0.127. The minimum Gasteiger partial charge on any atom is -0.397 e. The predicted molar refractivity (Wildman–Crippen MR) is 135 cm³/mol. The van der Waals surface area contributed by atoms with E-state index in [1.807, 2.05) is 36.4 Å². The van der Waals surface area contributed by atoms with Gasteiger partial charge in [0.05, 0.1) is 17.5 Å². The number of nitrogens with zero attached hydrogens (tertiary/aromatic N) is 1. The SMILES string of the molecule is Nc1ccccc1NC(=O)C=Cc1ccc(C(C(=O)NC2CCCCC2)N2CC[C@H](O)C2)cc1. The second-order valence-electron chi connectivity index (χ2n) is 9.26. The third-order valence-corrected chi connectivity index (χ3v) is 6.66. The van der Waals surface area contributed by atoms with Crippen LogP contribution in [0.1, 0.15) is 55.7 Å². The van der Waals surface area contributed by atoms with E-state index in [0.717, 1.165) is 36.8 Å². The van der Waals surface area contributed by atoms with E-state index in [9.17, 15) is 14.7 Å². The van der Waals surface area contributed by atoms with Crippen LogP contribution in [0.2, 0.25) is 0 Å². The lowest BCUT2D eigenvalue weighted by atomic mass is 9.94. The third-order valence-electron chi connectivity index (χ3n) is 6.66. The van der Waals surface area contributed by atoms with E-state index < -0.39 is 12.1 Å². The Morgan fingerprint density at radius 2 is 1.76 bits per heavy atom. The third kappa shape index (κ3) is 6.24. The molecule has 1 saturated heterocycles. The van der Waals surface area contributed by atoms with Crippen LogP contribution in [0.4, 0.5) is 11.4 Å². The van der Waals surface area contributed by atoms with Gasteiger partial charge in [0.25, 0.3) is 0 Å². The molecule has 2 atom stereocenters. The molecule has 2 fully saturated rings. The van der Waals surface area contributed by atoms with E-state index in [2.05, 4.69) is 15.5 Å². The van der Waals surface area contributed by atoms with Crippen molar-refractivity contribution in [3.63, 3.8) is 0 Å². The summed E-state index contributed by atoms with van der Waals surface area (Å²) in [4.78, 5) is 27.6. The number of β-amino-alcohol motifs (C(OH)–C–C–N with tert-alkyl or cyclic N) is 1. The van der Waals surface area contributed by atoms with Gasteiger partial charge in [-0.3, -0.25) is 14.5 Å². The molecule has 2 aromatic carbocycles. The fourth-order valence-corrected chi connectivity index (χ4v) is 4.80. The van der Waals surface area contributed by atoms with Gasteiger partial charge in [0, 0.05) is 25.2 Å². The maximum atomic E-state index is 13.3. The second-order valence-corrected chi connectivity index (χ2v) is 9.26. The molecule has 1 aliphatic carbocycles. The van der Waals surface area contributed by atoms with Crippen LogP contribution in [0.5, 0.6) is 0 Å². The fraction of sp³-hybridized carbons (Fsp3) is 0.407. The number of para-hydroxylation sites is 2. The molecule has 1 heterocycles. The first-order valence-electron chi connectivity index (χ1n) is 12.2. The number of hydrogen-bond acceptors (Lipinski definition) is 5. The molecule has 1 saturated carbocycles. The first-order valence-corrected chi connectivity index (χ1v) is 12.2. The summed E-state index contributed by atoms with van der Waals surface area (Å²) in [6.07, 6.45) is 9.08. The summed E-state index contributed by atoms with van der Waals surface area (Å²) in [5.74, 6) is -0.262. The van der Waals surface area contributed by atoms with Crippen molar-refractivity contribution < 1.29 is 14.7 Å². The molecule has 2 aliphatic rings. The van der Waals surface area contributed by atoms with E-state index in [4.69, 9.17) is 5.73 Å². The average molecular weight is 463 g/mol. The second kappa shape index (κ2) is 11.3. The van der Waals surface area contributed by atoms with E-state index in [1.165, 1.54) is 12.5 Å². The van der Waals surface area contributed by atoms with Gasteiger partial charge in [0.2, 0.25) is 11.8 Å². The van der Waals surface area contributed by atoms with Gasteiger partial charge in [-0.25, -0.2) is 0 Å². The number of likely N-dealkylation sites (tertiary alicyclic amines) is 1. The Kier molecular flexibility index (Phi) is 7.98. The van der Waals surface area contributed by atoms with Gasteiger partial charge in [0.1, 0.15) is 6.04 Å². The minimum atomic E-state index is -0.429. The maximum absolute atomic E-state index is 13.3. The molecule has 34 heavy (non-hydrogen) atoms. The number of anilines is 2. The number of nitrogen functional groups attached to an aromatic ring is 1. The van der Waals surface area contributed by atoms with E-state index in [0.29, 0.717) is 30.9 Å². The number of benzene rings is 2. The molecular weight excluding hydrogens is 428 g/mol. The van der Waals surface area contributed by atoms with Crippen LogP contribution in [0, 0.1) is 0 Å². The number of rotatable bonds is 7. The summed E-state index contributed by atoms with van der Waals surface area (Å²) in [5, 5.41) is 16.1. The van der Waals surface area contributed by atoms with Crippen molar-refractivity contribution in [3.05, 3.63) is 65.7 Å². The molecule has 0 aromatic heterocycles. The van der Waals surface area contributed by atoms with E-state index in [-0.39, 0.29) is 17.9 Å². The molecule has 0 radical (unpaired) electrons. The van der Waals surface area contributed by atoms with Gasteiger partial charge in [-0.05, 0) is 48.6 Å². The Balaban J connectivity index is 1.43. The highest BCUT2D eigenvalue weighted by molar-refractivity contribution is 6.03. The van der Waals surface area contributed by atoms with Gasteiger partial charge >= 0.3 is 0 Å². The number of aliphatic hydroxyl groups is 1. The molecule has 0 bridgehead atoms. The quantitative estimate of drug-likeness (QED) is 0.372. The average Bonchev–Trinajstić information content (AvgIpc) is 3.26. The number of hydrogen-bond donors (Lipinski definition) is 4. The standard InChI is InChI=1S/C27H34N4O3/c28-23-8-4-5-9-24(23)30-25(33)15-12-19-10-13-20(14-11-19)26(31-17-16-22(32)18-31)27(34)29-21-6-2-1-3-7-21/h4-5,8-15,21-22,26,32H,1-3,6-7,16-18,28H2,(H,29,34)(H,30,33)/t22-,26?/m0/s1. The molecular formula is C27H34N4O3. The summed E-state index contributed by atoms with van der Waals surface area (Å²) < 4.78 is 0. The molecule has 0 spiro atoms. The zero-order chi connectivity index (χ0) is 23.9. The highest BCUT2D eigenvalue weighted by Crippen LogP contribution is 2.27. The maximum Gasteiger partial charge on any atom is 0.248 e. The fourth-order valence-electron chi connectivity index (χ4n) is 4.80. The van der Waals surface area contributed by atoms with Crippen molar-refractivity contribution in [1.82, 2.24) is 10.2 Å². The largest absolute Gasteiger partial charge is 0.397 e. The van der Waals surface area contributed by atoms with Crippen molar-refractivity contribution in [2.75, 3.05) is 24.1 Å². The van der Waals surface area contributed by atoms with Crippen molar-refractivity contribution in [1.29, 1.82) is 0 Å². The number of carbonyl (C=O) groups is 2. The molecule has 180 valence electrons. The topological polar surface area (TPSA) is 108 Å². The number of carbonyl (C=O) groups excluding carboxylic acids is 2. The summed E-state index contributed by atoms with van der Waals surface area (Å²) >= 11 is 0. The predicted octanol–water partition coefficient (Wildman–Crippen LogP) is 3.48. The Hall–Kier alpha value is -3.16. The first kappa shape index (κ1) is 24.0. The number of nitrogens with one attached hydrogen (secondary N) is 2. The van der Waals surface area contributed by atoms with Crippen molar-refractivity contribution in [2.45, 2.75) is 56.7 Å². The van der Waals surface area contributed by atoms with Crippen LogP contribution in [0.15, 0.2) is 54.6 Å². The Labute approximate surface area is 201 Å². The number of aliphatic hydroxyl groups excluding tert-OH is 1. The van der Waals surface area contributed by atoms with E-state index >= 15 is 0 Å². The van der Waals surface area contributed by atoms with Gasteiger partial charge < -0.3 is 21.5 Å². The zero-order valence-electron chi connectivity index (χ0n) is 19.5. The Bertz CT molecular complexity index is 1010. The number of amides is 2. The lowest BCUT2D eigenvalue weighted by Gasteiger charge is -2.30. The highest BCUT2D eigenvalue weighted by Gasteiger charge is 2.34. The van der Waals surface area contributed by atoms with Crippen LogP contribution in [-0.2, 0) is 9.59 Å². The van der Waals surface area contributed by atoms with Crippen molar-refractivity contribution in [2.24, 2.45) is 0 Å². The van der Waals surface area contributed by atoms with E-state index in [1.54, 1.807) is 18.2 Å². The van der Waals surface area contributed by atoms with Gasteiger partial charge in [-0.2, -0.15) is 0 Å². The summed E-state index contributed by atoms with van der Waals surface area (Å²) in [6, 6.07) is 14.6. The highest BCUT2D eigenvalue weighted by atomic mass is 16.3. The molecule has 7 heteroatoms. The molecule has 1 aliphatic heterocycles. The first-order chi connectivity index (χ1) is 16.5. The van der Waals surface area contributed by atoms with Crippen LogP contribution < -0.4 is 16.4 Å². The van der Waals surface area contributed by atoms with Crippen molar-refractivity contribution in [3.8, 4) is 0 Å². The van der Waals surface area contributed by atoms with Gasteiger partial charge in [-0.1, -0.05) is 55.7 Å². The monoisotopic (exact) mass is 462 g/mol. The van der Waals surface area contributed by atoms with Crippen LogP contribution in [-0.4, -0.2) is 47.1 Å². The Morgan fingerprint density at radius 1 is 1.03 bits per heavy atom. The normalized spacial score (nSPS) is 20.3. The molecule has 2 amide bonds. The summed E-state index contributed by atoms with van der Waals surface area (Å²) in [7, 11) is 0. The molecule has 1 unspecified atom stereocenters. The lowest BCUT2D eigenvalue weighted by Crippen LogP contribution is -2.44. The van der Waals surface area contributed by atoms with Crippen LogP contribution in [0.25, 0.3) is 6.08 Å². The van der Waals surface area contributed by atoms with Gasteiger partial charge in [-0.15, -0.1) is 0 Å². The smallest absolute Gasteiger partial charge is 0.248 e. The molecule has 7 nitrogen and oxygen atoms in total. The number of nitrogens with two attached hydrogens (primary N) is 1. The van der Waals surface area contributed by atoms with Crippen molar-refractivity contribution >= 4 is 29.3 Å². The van der Waals surface area contributed by atoms with Crippen LogP contribution in [0.3, 0.4) is 0 Å². The Morgan fingerprint density at radius 3 is 2.44 bits per heavy atom. The summed E-state index contributed by atoms with van der Waals surface area (Å²) in [6.45, 7) is 1.18. The zero-order valence-corrected chi connectivity index (χ0v) is 19.5. The molecule has 4 rings (SSSR count). The van der Waals surface area contributed by atoms with Gasteiger partial charge in [0.15, 0.2) is 0 Å². The minimum absolute atomic E-state index is 0.00381. The molecule has 5 N–H and O–H groups in total. The van der Waals surface area contributed by atoms with Crippen LogP contribution >= 0.6 is 0 Å².